The van der Waals surface area contributed by atoms with Crippen molar-refractivity contribution in [3.8, 4) is 0 Å². The number of aliphatic hydroxyl groups excluding tert-OH is 1. The van der Waals surface area contributed by atoms with Gasteiger partial charge in [0.05, 0.1) is 0 Å². The Labute approximate surface area is 218 Å². The van der Waals surface area contributed by atoms with Crippen LogP contribution in [0.25, 0.3) is 0 Å². The maximum absolute atomic E-state index is 10.1. The molecule has 198 valence electrons. The minimum atomic E-state index is 0.0312. The van der Waals surface area contributed by atoms with Crippen LogP contribution in [0, 0.1) is 11.3 Å². The Morgan fingerprint density at radius 1 is 0.857 bits per heavy atom. The molecule has 2 unspecified atom stereocenters. The van der Waals surface area contributed by atoms with Crippen LogP contribution in [0.4, 0.5) is 0 Å². The van der Waals surface area contributed by atoms with E-state index < -0.39 is 0 Å². The molecule has 0 aromatic carbocycles. The second-order valence-electron chi connectivity index (χ2n) is 12.0. The van der Waals surface area contributed by atoms with E-state index in [0.717, 1.165) is 70.6 Å². The highest BCUT2D eigenvalue weighted by atomic mass is 16.3. The molecule has 0 bridgehead atoms. The Morgan fingerprint density at radius 3 is 1.94 bits per heavy atom. The van der Waals surface area contributed by atoms with Gasteiger partial charge in [0, 0.05) is 6.61 Å². The Kier molecular flexibility index (Phi) is 15.2. The average molecular weight is 481 g/mol. The van der Waals surface area contributed by atoms with Crippen LogP contribution in [0.1, 0.15) is 126 Å². The molecule has 2 atom stereocenters. The molecule has 35 heavy (non-hydrogen) atoms. The first-order valence-electron chi connectivity index (χ1n) is 14.1. The van der Waals surface area contributed by atoms with Crippen molar-refractivity contribution in [2.24, 2.45) is 11.3 Å². The molecule has 0 radical (unpaired) electrons. The van der Waals surface area contributed by atoms with Gasteiger partial charge < -0.3 is 5.11 Å². The average Bonchev–Trinajstić information content (AvgIpc) is 2.77. The molecule has 1 aliphatic rings. The van der Waals surface area contributed by atoms with E-state index >= 15 is 0 Å². The van der Waals surface area contributed by atoms with Crippen LogP contribution in [0.15, 0.2) is 70.4 Å². The third kappa shape index (κ3) is 15.2. The molecular formula is C34H56O. The first kappa shape index (κ1) is 31.4. The fourth-order valence-corrected chi connectivity index (χ4v) is 5.10. The van der Waals surface area contributed by atoms with E-state index in [1.165, 1.54) is 34.3 Å². The highest BCUT2D eigenvalue weighted by Crippen LogP contribution is 2.41. The first-order chi connectivity index (χ1) is 16.5. The summed E-state index contributed by atoms with van der Waals surface area (Å²) in [7, 11) is 0. The minimum absolute atomic E-state index is 0.0312. The highest BCUT2D eigenvalue weighted by Gasteiger charge is 2.31. The van der Waals surface area contributed by atoms with Crippen LogP contribution in [0.3, 0.4) is 0 Å². The van der Waals surface area contributed by atoms with Crippen molar-refractivity contribution in [3.05, 3.63) is 70.4 Å². The summed E-state index contributed by atoms with van der Waals surface area (Å²) < 4.78 is 0. The van der Waals surface area contributed by atoms with Crippen LogP contribution in [0.5, 0.6) is 0 Å². The van der Waals surface area contributed by atoms with Gasteiger partial charge in [0.1, 0.15) is 0 Å². The summed E-state index contributed by atoms with van der Waals surface area (Å²) in [5.41, 5.74) is 8.76. The number of hydrogen-bond acceptors (Lipinski definition) is 1. The van der Waals surface area contributed by atoms with Gasteiger partial charge in [-0.1, -0.05) is 77.3 Å². The van der Waals surface area contributed by atoms with Crippen molar-refractivity contribution in [2.75, 3.05) is 6.61 Å². The summed E-state index contributed by atoms with van der Waals surface area (Å²) in [6, 6.07) is 0. The monoisotopic (exact) mass is 480 g/mol. The van der Waals surface area contributed by atoms with E-state index in [1.807, 2.05) is 0 Å². The van der Waals surface area contributed by atoms with E-state index in [1.54, 1.807) is 5.57 Å². The van der Waals surface area contributed by atoms with Crippen LogP contribution in [-0.4, -0.2) is 11.7 Å². The molecule has 1 heteroatoms. The molecule has 1 rings (SSSR count). The van der Waals surface area contributed by atoms with Crippen LogP contribution < -0.4 is 0 Å². The van der Waals surface area contributed by atoms with Gasteiger partial charge in [-0.2, -0.15) is 0 Å². The quantitative estimate of drug-likeness (QED) is 0.218. The molecule has 0 aromatic rings. The molecule has 0 saturated heterocycles. The molecule has 1 N–H and O–H groups in total. The van der Waals surface area contributed by atoms with Gasteiger partial charge in [-0.25, -0.2) is 0 Å². The molecule has 0 amide bonds. The minimum Gasteiger partial charge on any atom is -0.396 e. The zero-order chi connectivity index (χ0) is 26.3. The molecule has 0 aromatic heterocycles. The smallest absolute Gasteiger partial charge is 0.0488 e. The van der Waals surface area contributed by atoms with E-state index in [4.69, 9.17) is 0 Å². The lowest BCUT2D eigenvalue weighted by Gasteiger charge is -2.36. The number of hydrogen-bond donors (Lipinski definition) is 1. The standard InChI is InChI=1S/C34H56O/c1-27(2)13-9-15-29(5)17-11-18-31(7)21-22-33-23-32(24-34(8,25-33)26-35)20-12-19-30(6)16-10-14-28(3)4/h13-14,17,19,23,33,35H,7,9-12,15-16,18,20-22,24-26H2,1-6,8H3/b29-17+,30-19+. The normalized spacial score (nSPS) is 20.9. The molecule has 0 saturated carbocycles. The summed E-state index contributed by atoms with van der Waals surface area (Å²) in [6.45, 7) is 20.1. The van der Waals surface area contributed by atoms with Crippen molar-refractivity contribution in [2.45, 2.75) is 126 Å². The summed E-state index contributed by atoms with van der Waals surface area (Å²) in [5.74, 6) is 0.566. The van der Waals surface area contributed by atoms with Gasteiger partial charge in [-0.05, 0) is 130 Å². The van der Waals surface area contributed by atoms with Crippen molar-refractivity contribution in [1.29, 1.82) is 0 Å². The highest BCUT2D eigenvalue weighted by molar-refractivity contribution is 5.15. The Bertz CT molecular complexity index is 792. The third-order valence-electron chi connectivity index (χ3n) is 7.26. The van der Waals surface area contributed by atoms with Crippen LogP contribution >= 0.6 is 0 Å². The number of rotatable bonds is 16. The van der Waals surface area contributed by atoms with Crippen molar-refractivity contribution >= 4 is 0 Å². The zero-order valence-corrected chi connectivity index (χ0v) is 24.3. The predicted octanol–water partition coefficient (Wildman–Crippen LogP) is 10.6. The fourth-order valence-electron chi connectivity index (χ4n) is 5.10. The first-order valence-corrected chi connectivity index (χ1v) is 14.1. The van der Waals surface area contributed by atoms with Gasteiger partial charge in [0.25, 0.3) is 0 Å². The Morgan fingerprint density at radius 2 is 1.40 bits per heavy atom. The largest absolute Gasteiger partial charge is 0.396 e. The summed E-state index contributed by atoms with van der Waals surface area (Å²) in [4.78, 5) is 0. The number of allylic oxidation sites excluding steroid dienone is 11. The van der Waals surface area contributed by atoms with Gasteiger partial charge in [0.2, 0.25) is 0 Å². The second-order valence-corrected chi connectivity index (χ2v) is 12.0. The van der Waals surface area contributed by atoms with E-state index in [0.29, 0.717) is 5.92 Å². The van der Waals surface area contributed by atoms with Crippen molar-refractivity contribution < 1.29 is 5.11 Å². The summed E-state index contributed by atoms with van der Waals surface area (Å²) >= 11 is 0. The van der Waals surface area contributed by atoms with E-state index in [-0.39, 0.29) is 12.0 Å². The van der Waals surface area contributed by atoms with Gasteiger partial charge in [-0.3, -0.25) is 0 Å². The number of aliphatic hydroxyl groups is 1. The van der Waals surface area contributed by atoms with Crippen LogP contribution in [-0.2, 0) is 0 Å². The Hall–Kier alpha value is -1.60. The zero-order valence-electron chi connectivity index (χ0n) is 24.3. The van der Waals surface area contributed by atoms with E-state index in [9.17, 15) is 5.11 Å². The van der Waals surface area contributed by atoms with Crippen molar-refractivity contribution in [3.63, 3.8) is 0 Å². The maximum atomic E-state index is 10.1. The third-order valence-corrected chi connectivity index (χ3v) is 7.26. The molecular weight excluding hydrogens is 424 g/mol. The van der Waals surface area contributed by atoms with E-state index in [2.05, 4.69) is 85.4 Å². The molecule has 0 aliphatic heterocycles. The topological polar surface area (TPSA) is 20.2 Å². The molecule has 0 heterocycles. The Balaban J connectivity index is 2.53. The lowest BCUT2D eigenvalue weighted by atomic mass is 9.70. The molecule has 0 spiro atoms. The lowest BCUT2D eigenvalue weighted by molar-refractivity contribution is 0.110. The molecule has 1 nitrogen and oxygen atoms in total. The fraction of sp³-hybridized carbons (Fsp3) is 0.647. The maximum Gasteiger partial charge on any atom is 0.0488 e. The summed E-state index contributed by atoms with van der Waals surface area (Å²) in [5, 5.41) is 10.1. The van der Waals surface area contributed by atoms with Gasteiger partial charge in [-0.15, -0.1) is 0 Å². The van der Waals surface area contributed by atoms with Crippen LogP contribution in [0.2, 0.25) is 0 Å². The molecule has 0 fully saturated rings. The summed E-state index contributed by atoms with van der Waals surface area (Å²) in [6.07, 6.45) is 25.5. The lowest BCUT2D eigenvalue weighted by Crippen LogP contribution is -2.28. The second kappa shape index (κ2) is 17.0. The SMILES string of the molecule is C=C(CC/C=C(\C)CCC=C(C)C)CCC1C=C(CC/C=C(\C)CCC=C(C)C)CC(C)(CO)C1. The van der Waals surface area contributed by atoms with Crippen molar-refractivity contribution in [1.82, 2.24) is 0 Å². The predicted molar refractivity (Wildman–Crippen MR) is 158 cm³/mol. The van der Waals surface area contributed by atoms with Gasteiger partial charge >= 0.3 is 0 Å². The van der Waals surface area contributed by atoms with Gasteiger partial charge in [0.15, 0.2) is 0 Å². The molecule has 1 aliphatic carbocycles.